The van der Waals surface area contributed by atoms with E-state index in [0.717, 1.165) is 24.1 Å². The van der Waals surface area contributed by atoms with Crippen LogP contribution in [0.25, 0.3) is 0 Å². The fraction of sp³-hybridized carbons (Fsp3) is 0.611. The minimum absolute atomic E-state index is 0.111. The first-order chi connectivity index (χ1) is 11.2. The number of anilines is 1. The smallest absolute Gasteiger partial charge is 0.410 e. The standard InChI is InChI=1S/C18H28BrN3O2/c1-13-12-21(8-9-22(13)17(23)24-18(2,3)4)16-7-6-15(19)10-14(16)11-20-5/h6-7,10,13,20H,8-9,11-12H2,1-5H3. The highest BCUT2D eigenvalue weighted by Gasteiger charge is 2.31. The lowest BCUT2D eigenvalue weighted by Gasteiger charge is -2.41. The molecule has 1 fully saturated rings. The van der Waals surface area contributed by atoms with Crippen LogP contribution in [-0.4, -0.2) is 49.3 Å². The van der Waals surface area contributed by atoms with E-state index in [0.29, 0.717) is 6.54 Å². The largest absolute Gasteiger partial charge is 0.444 e. The van der Waals surface area contributed by atoms with Crippen LogP contribution in [0.4, 0.5) is 10.5 Å². The molecule has 134 valence electrons. The van der Waals surface area contributed by atoms with Gasteiger partial charge < -0.3 is 19.9 Å². The van der Waals surface area contributed by atoms with E-state index >= 15 is 0 Å². The summed E-state index contributed by atoms with van der Waals surface area (Å²) in [5, 5.41) is 3.22. The van der Waals surface area contributed by atoms with Crippen LogP contribution in [0, 0.1) is 0 Å². The molecule has 24 heavy (non-hydrogen) atoms. The highest BCUT2D eigenvalue weighted by molar-refractivity contribution is 9.10. The summed E-state index contributed by atoms with van der Waals surface area (Å²) in [6.07, 6.45) is -0.221. The minimum Gasteiger partial charge on any atom is -0.444 e. The summed E-state index contributed by atoms with van der Waals surface area (Å²) in [6.45, 7) is 10.9. The van der Waals surface area contributed by atoms with Crippen LogP contribution in [0.2, 0.25) is 0 Å². The lowest BCUT2D eigenvalue weighted by atomic mass is 10.1. The van der Waals surface area contributed by atoms with Crippen molar-refractivity contribution in [2.75, 3.05) is 31.6 Å². The average molecular weight is 398 g/mol. The van der Waals surface area contributed by atoms with E-state index < -0.39 is 5.60 Å². The molecular weight excluding hydrogens is 370 g/mol. The first kappa shape index (κ1) is 19.1. The number of carbonyl (C=O) groups is 1. The Bertz CT molecular complexity index is 586. The Morgan fingerprint density at radius 2 is 2.08 bits per heavy atom. The molecule has 0 aliphatic carbocycles. The van der Waals surface area contributed by atoms with Crippen molar-refractivity contribution in [2.24, 2.45) is 0 Å². The van der Waals surface area contributed by atoms with Gasteiger partial charge in [0, 0.05) is 42.4 Å². The van der Waals surface area contributed by atoms with Gasteiger partial charge >= 0.3 is 6.09 Å². The van der Waals surface area contributed by atoms with Gasteiger partial charge in [0.1, 0.15) is 5.60 Å². The van der Waals surface area contributed by atoms with E-state index in [1.165, 1.54) is 11.3 Å². The second-order valence-corrected chi connectivity index (χ2v) is 8.19. The number of hydrogen-bond acceptors (Lipinski definition) is 4. The molecule has 1 aromatic rings. The molecule has 1 saturated heterocycles. The number of halogens is 1. The Kier molecular flexibility index (Phi) is 6.15. The van der Waals surface area contributed by atoms with Gasteiger partial charge in [0.15, 0.2) is 0 Å². The monoisotopic (exact) mass is 397 g/mol. The SMILES string of the molecule is CNCc1cc(Br)ccc1N1CCN(C(=O)OC(C)(C)C)C(C)C1. The van der Waals surface area contributed by atoms with Gasteiger partial charge in [0.25, 0.3) is 0 Å². The molecule has 1 aliphatic rings. The summed E-state index contributed by atoms with van der Waals surface area (Å²) in [5.41, 5.74) is 2.02. The zero-order valence-corrected chi connectivity index (χ0v) is 16.8. The van der Waals surface area contributed by atoms with E-state index in [-0.39, 0.29) is 12.1 Å². The maximum absolute atomic E-state index is 12.4. The third kappa shape index (κ3) is 4.86. The highest BCUT2D eigenvalue weighted by Crippen LogP contribution is 2.27. The Balaban J connectivity index is 2.09. The first-order valence-corrected chi connectivity index (χ1v) is 9.18. The van der Waals surface area contributed by atoms with Gasteiger partial charge in [-0.3, -0.25) is 0 Å². The fourth-order valence-electron chi connectivity index (χ4n) is 2.96. The Hall–Kier alpha value is -1.27. The second-order valence-electron chi connectivity index (χ2n) is 7.27. The molecule has 1 unspecified atom stereocenters. The van der Waals surface area contributed by atoms with Crippen LogP contribution in [0.15, 0.2) is 22.7 Å². The van der Waals surface area contributed by atoms with Gasteiger partial charge in [-0.25, -0.2) is 4.79 Å². The number of benzene rings is 1. The Morgan fingerprint density at radius 1 is 1.38 bits per heavy atom. The third-order valence-corrected chi connectivity index (χ3v) is 4.50. The molecule has 6 heteroatoms. The molecule has 5 nitrogen and oxygen atoms in total. The van der Waals surface area contributed by atoms with E-state index in [1.807, 2.05) is 32.7 Å². The zero-order chi connectivity index (χ0) is 17.9. The van der Waals surface area contributed by atoms with Crippen LogP contribution in [-0.2, 0) is 11.3 Å². The summed E-state index contributed by atoms with van der Waals surface area (Å²) in [6, 6.07) is 6.47. The lowest BCUT2D eigenvalue weighted by molar-refractivity contribution is 0.0159. The van der Waals surface area contributed by atoms with Crippen molar-refractivity contribution in [1.82, 2.24) is 10.2 Å². The Labute approximate surface area is 153 Å². The number of rotatable bonds is 3. The number of nitrogens with one attached hydrogen (secondary N) is 1. The normalized spacial score (nSPS) is 18.7. The number of amides is 1. The van der Waals surface area contributed by atoms with Gasteiger partial charge in [-0.15, -0.1) is 0 Å². The molecule has 0 bridgehead atoms. The molecular formula is C18H28BrN3O2. The number of piperazine rings is 1. The molecule has 1 heterocycles. The van der Waals surface area contributed by atoms with Gasteiger partial charge in [-0.2, -0.15) is 0 Å². The third-order valence-electron chi connectivity index (χ3n) is 4.00. The molecule has 1 atom stereocenters. The molecule has 1 N–H and O–H groups in total. The molecule has 1 aromatic carbocycles. The van der Waals surface area contributed by atoms with Crippen molar-refractivity contribution in [3.63, 3.8) is 0 Å². The predicted octanol–water partition coefficient (Wildman–Crippen LogP) is 3.61. The molecule has 1 aliphatic heterocycles. The van der Waals surface area contributed by atoms with Crippen molar-refractivity contribution in [3.8, 4) is 0 Å². The summed E-state index contributed by atoms with van der Waals surface area (Å²) in [7, 11) is 1.95. The van der Waals surface area contributed by atoms with Gasteiger partial charge in [0.05, 0.1) is 0 Å². The van der Waals surface area contributed by atoms with Gasteiger partial charge in [-0.1, -0.05) is 15.9 Å². The van der Waals surface area contributed by atoms with Crippen molar-refractivity contribution >= 4 is 27.7 Å². The molecule has 0 aromatic heterocycles. The number of nitrogens with zero attached hydrogens (tertiary/aromatic N) is 2. The summed E-state index contributed by atoms with van der Waals surface area (Å²) >= 11 is 3.54. The zero-order valence-electron chi connectivity index (χ0n) is 15.2. The summed E-state index contributed by atoms with van der Waals surface area (Å²) in [5.74, 6) is 0. The maximum atomic E-state index is 12.4. The van der Waals surface area contributed by atoms with Crippen molar-refractivity contribution < 1.29 is 9.53 Å². The van der Waals surface area contributed by atoms with E-state index in [4.69, 9.17) is 4.74 Å². The van der Waals surface area contributed by atoms with Crippen LogP contribution in [0.1, 0.15) is 33.3 Å². The summed E-state index contributed by atoms with van der Waals surface area (Å²) in [4.78, 5) is 16.5. The van der Waals surface area contributed by atoms with E-state index in [2.05, 4.69) is 51.3 Å². The van der Waals surface area contributed by atoms with E-state index in [9.17, 15) is 4.79 Å². The second kappa shape index (κ2) is 7.74. The van der Waals surface area contributed by atoms with Crippen LogP contribution >= 0.6 is 15.9 Å². The molecule has 0 saturated carbocycles. The van der Waals surface area contributed by atoms with Crippen molar-refractivity contribution in [1.29, 1.82) is 0 Å². The van der Waals surface area contributed by atoms with Crippen LogP contribution in [0.3, 0.4) is 0 Å². The molecule has 0 spiro atoms. The minimum atomic E-state index is -0.459. The fourth-order valence-corrected chi connectivity index (χ4v) is 3.37. The van der Waals surface area contributed by atoms with Crippen molar-refractivity contribution in [2.45, 2.75) is 45.9 Å². The van der Waals surface area contributed by atoms with Crippen LogP contribution in [0.5, 0.6) is 0 Å². The van der Waals surface area contributed by atoms with Gasteiger partial charge in [-0.05, 0) is 58.5 Å². The van der Waals surface area contributed by atoms with Gasteiger partial charge in [0.2, 0.25) is 0 Å². The maximum Gasteiger partial charge on any atom is 0.410 e. The number of hydrogen-bond donors (Lipinski definition) is 1. The Morgan fingerprint density at radius 3 is 2.67 bits per heavy atom. The molecule has 0 radical (unpaired) electrons. The van der Waals surface area contributed by atoms with Crippen LogP contribution < -0.4 is 10.2 Å². The molecule has 1 amide bonds. The number of ether oxygens (including phenoxy) is 1. The number of carbonyl (C=O) groups excluding carboxylic acids is 1. The highest BCUT2D eigenvalue weighted by atomic mass is 79.9. The first-order valence-electron chi connectivity index (χ1n) is 8.39. The van der Waals surface area contributed by atoms with E-state index in [1.54, 1.807) is 0 Å². The lowest BCUT2D eigenvalue weighted by Crippen LogP contribution is -2.55. The summed E-state index contributed by atoms with van der Waals surface area (Å²) < 4.78 is 6.60. The predicted molar refractivity (Wildman–Crippen MR) is 102 cm³/mol. The molecule has 2 rings (SSSR count). The topological polar surface area (TPSA) is 44.8 Å². The van der Waals surface area contributed by atoms with Crippen molar-refractivity contribution in [3.05, 3.63) is 28.2 Å². The average Bonchev–Trinajstić information content (AvgIpc) is 2.45. The quantitative estimate of drug-likeness (QED) is 0.845.